The number of rotatable bonds is 6. The van der Waals surface area contributed by atoms with Crippen molar-refractivity contribution in [1.82, 2.24) is 4.98 Å². The monoisotopic (exact) mass is 421 g/mol. The van der Waals surface area contributed by atoms with E-state index >= 15 is 0 Å². The van der Waals surface area contributed by atoms with Crippen molar-refractivity contribution >= 4 is 44.3 Å². The van der Waals surface area contributed by atoms with Gasteiger partial charge in [-0.25, -0.2) is 13.4 Å². The third-order valence-corrected chi connectivity index (χ3v) is 6.55. The molecule has 5 nitrogen and oxygen atoms in total. The van der Waals surface area contributed by atoms with Gasteiger partial charge in [0.25, 0.3) is 10.0 Å². The highest BCUT2D eigenvalue weighted by Gasteiger charge is 2.16. The Labute approximate surface area is 168 Å². The maximum atomic E-state index is 12.7. The third-order valence-electron chi connectivity index (χ3n) is 4.07. The van der Waals surface area contributed by atoms with Crippen molar-refractivity contribution in [2.24, 2.45) is 0 Å². The first-order chi connectivity index (χ1) is 12.7. The lowest BCUT2D eigenvalue weighted by Crippen LogP contribution is -2.15. The first kappa shape index (κ1) is 19.7. The first-order valence-corrected chi connectivity index (χ1v) is 11.0. The van der Waals surface area contributed by atoms with Gasteiger partial charge in [0.2, 0.25) is 0 Å². The van der Waals surface area contributed by atoms with Gasteiger partial charge in [-0.2, -0.15) is 0 Å². The van der Waals surface area contributed by atoms with Crippen LogP contribution in [-0.2, 0) is 16.6 Å². The predicted octanol–water partition coefficient (Wildman–Crippen LogP) is 5.13. The van der Waals surface area contributed by atoms with Crippen LogP contribution in [0.1, 0.15) is 21.6 Å². The van der Waals surface area contributed by atoms with Crippen LogP contribution in [0.2, 0.25) is 4.47 Å². The number of benzene rings is 2. The lowest BCUT2D eigenvalue weighted by Gasteiger charge is -2.14. The van der Waals surface area contributed by atoms with Crippen LogP contribution in [0.3, 0.4) is 0 Å². The van der Waals surface area contributed by atoms with Gasteiger partial charge in [0.05, 0.1) is 17.1 Å². The minimum atomic E-state index is -3.65. The second-order valence-corrected chi connectivity index (χ2v) is 9.72. The number of nitrogens with one attached hydrogen (secondary N) is 2. The number of aromatic nitrogens is 1. The molecule has 0 radical (unpaired) electrons. The Morgan fingerprint density at radius 1 is 1.07 bits per heavy atom. The molecule has 3 aromatic rings. The van der Waals surface area contributed by atoms with E-state index in [9.17, 15) is 8.42 Å². The Kier molecular flexibility index (Phi) is 5.74. The molecule has 0 atom stereocenters. The number of anilines is 2. The highest BCUT2D eigenvalue weighted by Crippen LogP contribution is 2.26. The van der Waals surface area contributed by atoms with Gasteiger partial charge < -0.3 is 5.32 Å². The molecule has 0 spiro atoms. The van der Waals surface area contributed by atoms with Crippen molar-refractivity contribution in [3.05, 3.63) is 68.6 Å². The van der Waals surface area contributed by atoms with Crippen LogP contribution in [0.15, 0.2) is 47.5 Å². The molecule has 0 fully saturated rings. The van der Waals surface area contributed by atoms with Gasteiger partial charge in [-0.05, 0) is 56.2 Å². The van der Waals surface area contributed by atoms with Crippen LogP contribution in [-0.4, -0.2) is 13.4 Å². The van der Waals surface area contributed by atoms with Gasteiger partial charge in [0.15, 0.2) is 4.47 Å². The number of halogens is 1. The maximum absolute atomic E-state index is 12.7. The first-order valence-electron chi connectivity index (χ1n) is 8.29. The standard InChI is InChI=1S/C19H20ClN3O2S2/c1-12-8-13(2)18(14(3)9-12)23-27(24,25)17-6-4-15(5-7-17)21-10-16-11-22-19(20)26-16/h4-9,11,21,23H,10H2,1-3H3. The second-order valence-electron chi connectivity index (χ2n) is 6.34. The van der Waals surface area contributed by atoms with E-state index in [4.69, 9.17) is 11.6 Å². The Bertz CT molecular complexity index is 1040. The van der Waals surface area contributed by atoms with Crippen molar-refractivity contribution in [2.75, 3.05) is 10.0 Å². The van der Waals surface area contributed by atoms with E-state index < -0.39 is 10.0 Å². The number of hydrogen-bond donors (Lipinski definition) is 2. The van der Waals surface area contributed by atoms with Crippen LogP contribution in [0, 0.1) is 20.8 Å². The fourth-order valence-electron chi connectivity index (χ4n) is 2.84. The van der Waals surface area contributed by atoms with Gasteiger partial charge in [0.1, 0.15) is 0 Å². The summed E-state index contributed by atoms with van der Waals surface area (Å²) in [5, 5.41) is 3.22. The summed E-state index contributed by atoms with van der Waals surface area (Å²) < 4.78 is 28.7. The molecule has 0 aliphatic rings. The van der Waals surface area contributed by atoms with Crippen molar-refractivity contribution in [2.45, 2.75) is 32.2 Å². The molecule has 2 aromatic carbocycles. The molecule has 0 saturated heterocycles. The second kappa shape index (κ2) is 7.88. The molecule has 1 aromatic heterocycles. The maximum Gasteiger partial charge on any atom is 0.261 e. The van der Waals surface area contributed by atoms with Crippen LogP contribution in [0.25, 0.3) is 0 Å². The smallest absolute Gasteiger partial charge is 0.261 e. The van der Waals surface area contributed by atoms with E-state index in [2.05, 4.69) is 15.0 Å². The summed E-state index contributed by atoms with van der Waals surface area (Å²) in [4.78, 5) is 5.21. The average molecular weight is 422 g/mol. The Hall–Kier alpha value is -2.09. The van der Waals surface area contributed by atoms with Crippen molar-refractivity contribution in [1.29, 1.82) is 0 Å². The zero-order valence-corrected chi connectivity index (χ0v) is 17.6. The predicted molar refractivity (Wildman–Crippen MR) is 112 cm³/mol. The average Bonchev–Trinajstić information content (AvgIpc) is 3.02. The number of sulfonamides is 1. The lowest BCUT2D eigenvalue weighted by atomic mass is 10.1. The van der Waals surface area contributed by atoms with Gasteiger partial charge in [0, 0.05) is 16.8 Å². The van der Waals surface area contributed by atoms with Gasteiger partial charge >= 0.3 is 0 Å². The van der Waals surface area contributed by atoms with Crippen LogP contribution < -0.4 is 10.0 Å². The SMILES string of the molecule is Cc1cc(C)c(NS(=O)(=O)c2ccc(NCc3cnc(Cl)s3)cc2)c(C)c1. The van der Waals surface area contributed by atoms with Gasteiger partial charge in [-0.15, -0.1) is 11.3 Å². The summed E-state index contributed by atoms with van der Waals surface area (Å²) >= 11 is 7.22. The van der Waals surface area contributed by atoms with Crippen LogP contribution in [0.5, 0.6) is 0 Å². The molecule has 0 saturated carbocycles. The molecule has 142 valence electrons. The van der Waals surface area contributed by atoms with Crippen molar-refractivity contribution < 1.29 is 8.42 Å². The summed E-state index contributed by atoms with van der Waals surface area (Å²) in [6.07, 6.45) is 1.72. The Morgan fingerprint density at radius 2 is 1.70 bits per heavy atom. The van der Waals surface area contributed by atoms with Crippen molar-refractivity contribution in [3.63, 3.8) is 0 Å². The van der Waals surface area contributed by atoms with E-state index in [0.717, 1.165) is 27.3 Å². The molecule has 0 bridgehead atoms. The summed E-state index contributed by atoms with van der Waals surface area (Å²) in [6, 6.07) is 10.6. The number of thiazole rings is 1. The number of aryl methyl sites for hydroxylation is 3. The molecular weight excluding hydrogens is 402 g/mol. The normalized spacial score (nSPS) is 11.4. The van der Waals surface area contributed by atoms with E-state index in [-0.39, 0.29) is 4.90 Å². The summed E-state index contributed by atoms with van der Waals surface area (Å²) in [6.45, 7) is 6.37. The fraction of sp³-hybridized carbons (Fsp3) is 0.211. The minimum absolute atomic E-state index is 0.216. The van der Waals surface area contributed by atoms with E-state index in [1.165, 1.54) is 11.3 Å². The zero-order valence-electron chi connectivity index (χ0n) is 15.2. The molecule has 8 heteroatoms. The number of nitrogens with zero attached hydrogens (tertiary/aromatic N) is 1. The highest BCUT2D eigenvalue weighted by atomic mass is 35.5. The summed E-state index contributed by atoms with van der Waals surface area (Å²) in [7, 11) is -3.65. The third kappa shape index (κ3) is 4.80. The minimum Gasteiger partial charge on any atom is -0.380 e. The van der Waals surface area contributed by atoms with E-state index in [1.54, 1.807) is 30.5 Å². The number of hydrogen-bond acceptors (Lipinski definition) is 5. The van der Waals surface area contributed by atoms with E-state index in [1.807, 2.05) is 32.9 Å². The van der Waals surface area contributed by atoms with Gasteiger partial charge in [-0.1, -0.05) is 29.3 Å². The lowest BCUT2D eigenvalue weighted by molar-refractivity contribution is 0.601. The van der Waals surface area contributed by atoms with Crippen molar-refractivity contribution in [3.8, 4) is 0 Å². The Balaban J connectivity index is 1.73. The molecule has 0 amide bonds. The summed E-state index contributed by atoms with van der Waals surface area (Å²) in [5.74, 6) is 0. The van der Waals surface area contributed by atoms with E-state index in [0.29, 0.717) is 16.7 Å². The fourth-order valence-corrected chi connectivity index (χ4v) is 4.96. The topological polar surface area (TPSA) is 71.1 Å². The molecule has 3 rings (SSSR count). The molecule has 0 aliphatic carbocycles. The summed E-state index contributed by atoms with van der Waals surface area (Å²) in [5.41, 5.74) is 4.35. The molecule has 27 heavy (non-hydrogen) atoms. The highest BCUT2D eigenvalue weighted by molar-refractivity contribution is 7.92. The van der Waals surface area contributed by atoms with Crippen LogP contribution >= 0.6 is 22.9 Å². The molecule has 0 aliphatic heterocycles. The molecule has 2 N–H and O–H groups in total. The van der Waals surface area contributed by atoms with Gasteiger partial charge in [-0.3, -0.25) is 4.72 Å². The molecular formula is C19H20ClN3O2S2. The Morgan fingerprint density at radius 3 is 2.26 bits per heavy atom. The zero-order chi connectivity index (χ0) is 19.6. The molecule has 0 unspecified atom stereocenters. The quantitative estimate of drug-likeness (QED) is 0.578. The largest absolute Gasteiger partial charge is 0.380 e. The van der Waals surface area contributed by atoms with Crippen LogP contribution in [0.4, 0.5) is 11.4 Å². The molecule has 1 heterocycles.